The van der Waals surface area contributed by atoms with E-state index < -0.39 is 60.1 Å². The van der Waals surface area contributed by atoms with Crippen molar-refractivity contribution in [2.75, 3.05) is 0 Å². The minimum absolute atomic E-state index is 0. The van der Waals surface area contributed by atoms with Crippen molar-refractivity contribution >= 4 is 63.5 Å². The molecule has 0 aliphatic heterocycles. The van der Waals surface area contributed by atoms with Crippen LogP contribution in [0, 0.1) is 0 Å². The zero-order chi connectivity index (χ0) is 26.5. The smallest absolute Gasteiger partial charge is 0.744 e. The van der Waals surface area contributed by atoms with Gasteiger partial charge in [0.25, 0.3) is 0 Å². The van der Waals surface area contributed by atoms with Crippen molar-refractivity contribution in [1.29, 1.82) is 0 Å². The molecule has 2 aromatic carbocycles. The molecule has 0 aliphatic carbocycles. The SMILES string of the molecule is C=C(C)OS(=O)(=O)c1ccccc1S(=O)(=O)[O-].C=C(C)OS(=O)(=O)c1ccccc1S(=O)(=O)[O-].[Mg+2]. The van der Waals surface area contributed by atoms with Crippen molar-refractivity contribution in [3.63, 3.8) is 0 Å². The molecule has 0 aliphatic rings. The third kappa shape index (κ3) is 9.88. The molecule has 188 valence electrons. The van der Waals surface area contributed by atoms with Gasteiger partial charge < -0.3 is 17.5 Å². The molecule has 0 unspecified atom stereocenters. The molecule has 2 aromatic rings. The average molecular weight is 579 g/mol. The summed E-state index contributed by atoms with van der Waals surface area (Å²) in [7, 11) is -18.5. The molecule has 0 fully saturated rings. The molecule has 0 radical (unpaired) electrons. The summed E-state index contributed by atoms with van der Waals surface area (Å²) in [5.41, 5.74) is 0. The quantitative estimate of drug-likeness (QED) is 0.188. The van der Waals surface area contributed by atoms with Crippen molar-refractivity contribution in [3.05, 3.63) is 73.2 Å². The summed E-state index contributed by atoms with van der Waals surface area (Å²) >= 11 is 0. The first kappa shape index (κ1) is 33.0. The van der Waals surface area contributed by atoms with Crippen LogP contribution in [-0.4, -0.2) is 65.8 Å². The molecule has 0 saturated carbocycles. The predicted octanol–water partition coefficient (Wildman–Crippen LogP) is 1.28. The fourth-order valence-electron chi connectivity index (χ4n) is 2.19. The van der Waals surface area contributed by atoms with E-state index in [4.69, 9.17) is 0 Å². The van der Waals surface area contributed by atoms with E-state index in [0.717, 1.165) is 24.3 Å². The Labute approximate surface area is 220 Å². The zero-order valence-corrected chi connectivity index (χ0v) is 23.0. The maximum absolute atomic E-state index is 11.6. The van der Waals surface area contributed by atoms with Gasteiger partial charge in [-0.2, -0.15) is 16.8 Å². The van der Waals surface area contributed by atoms with Gasteiger partial charge in [0.1, 0.15) is 41.5 Å². The van der Waals surface area contributed by atoms with Gasteiger partial charge in [-0.25, -0.2) is 16.8 Å². The first-order chi connectivity index (χ1) is 15.3. The van der Waals surface area contributed by atoms with Crippen molar-refractivity contribution < 1.29 is 51.1 Å². The van der Waals surface area contributed by atoms with Crippen LogP contribution in [-0.2, 0) is 48.8 Å². The van der Waals surface area contributed by atoms with Crippen LogP contribution in [0.4, 0.5) is 0 Å². The topological polar surface area (TPSA) is 201 Å². The van der Waals surface area contributed by atoms with Gasteiger partial charge in [-0.3, -0.25) is 0 Å². The van der Waals surface area contributed by atoms with E-state index in [0.29, 0.717) is 0 Å². The maximum atomic E-state index is 11.6. The van der Waals surface area contributed by atoms with Gasteiger partial charge in [0.15, 0.2) is 0 Å². The average Bonchev–Trinajstić information content (AvgIpc) is 2.65. The number of hydrogen-bond donors (Lipinski definition) is 0. The van der Waals surface area contributed by atoms with E-state index in [1.807, 2.05) is 0 Å². The van der Waals surface area contributed by atoms with Gasteiger partial charge in [-0.1, -0.05) is 37.4 Å². The summed E-state index contributed by atoms with van der Waals surface area (Å²) in [6.45, 7) is 9.02. The molecule has 17 heteroatoms. The van der Waals surface area contributed by atoms with Gasteiger partial charge in [-0.15, -0.1) is 0 Å². The Morgan fingerprint density at radius 3 is 1.03 bits per heavy atom. The number of rotatable bonds is 8. The molecule has 0 aromatic heterocycles. The van der Waals surface area contributed by atoms with Crippen molar-refractivity contribution in [1.82, 2.24) is 0 Å². The predicted molar refractivity (Wildman–Crippen MR) is 121 cm³/mol. The molecule has 0 heterocycles. The molecule has 0 saturated heterocycles. The fraction of sp³-hybridized carbons (Fsp3) is 0.111. The maximum Gasteiger partial charge on any atom is 2.00 e. The molecule has 0 bridgehead atoms. The van der Waals surface area contributed by atoms with Gasteiger partial charge in [0, 0.05) is 0 Å². The second-order valence-corrected chi connectivity index (χ2v) is 12.0. The van der Waals surface area contributed by atoms with Crippen molar-refractivity contribution in [2.45, 2.75) is 33.4 Å². The van der Waals surface area contributed by atoms with E-state index >= 15 is 0 Å². The standard InChI is InChI=1S/2C9H10O6S2.Mg/c2*1-7(2)15-17(13,14)9-6-4-3-5-8(9)16(10,11)12;/h2*3-6H,1H2,2H3,(H,10,11,12);/q;;+2/p-2. The van der Waals surface area contributed by atoms with E-state index in [2.05, 4.69) is 21.5 Å². The van der Waals surface area contributed by atoms with Crippen LogP contribution in [0.15, 0.2) is 92.8 Å². The van der Waals surface area contributed by atoms with Gasteiger partial charge >= 0.3 is 43.3 Å². The fourth-order valence-corrected chi connectivity index (χ4v) is 6.58. The third-order valence-electron chi connectivity index (χ3n) is 3.28. The first-order valence-corrected chi connectivity index (χ1v) is 14.2. The van der Waals surface area contributed by atoms with E-state index in [9.17, 15) is 42.8 Å². The Kier molecular flexibility index (Phi) is 11.6. The Bertz CT molecular complexity index is 1410. The Morgan fingerprint density at radius 2 is 0.829 bits per heavy atom. The molecular weight excluding hydrogens is 561 g/mol. The molecule has 35 heavy (non-hydrogen) atoms. The minimum Gasteiger partial charge on any atom is -0.744 e. The van der Waals surface area contributed by atoms with Crippen LogP contribution in [0.3, 0.4) is 0 Å². The molecule has 2 rings (SSSR count). The largest absolute Gasteiger partial charge is 2.00 e. The van der Waals surface area contributed by atoms with Gasteiger partial charge in [-0.05, 0) is 38.1 Å². The van der Waals surface area contributed by atoms with Crippen LogP contribution in [0.2, 0.25) is 0 Å². The van der Waals surface area contributed by atoms with Crippen LogP contribution in [0.5, 0.6) is 0 Å². The van der Waals surface area contributed by atoms with E-state index in [-0.39, 0.29) is 34.6 Å². The monoisotopic (exact) mass is 578 g/mol. The molecule has 0 amide bonds. The van der Waals surface area contributed by atoms with Crippen LogP contribution < -0.4 is 0 Å². The van der Waals surface area contributed by atoms with E-state index in [1.165, 1.54) is 38.1 Å². The van der Waals surface area contributed by atoms with Crippen molar-refractivity contribution in [3.8, 4) is 0 Å². The second kappa shape index (κ2) is 12.3. The molecular formula is C18H18MgO12S4. The van der Waals surface area contributed by atoms with Crippen molar-refractivity contribution in [2.24, 2.45) is 0 Å². The van der Waals surface area contributed by atoms with E-state index in [1.54, 1.807) is 0 Å². The Morgan fingerprint density at radius 1 is 0.600 bits per heavy atom. The second-order valence-electron chi connectivity index (χ2n) is 6.28. The normalized spacial score (nSPS) is 11.8. The molecule has 12 nitrogen and oxygen atoms in total. The van der Waals surface area contributed by atoms with Crippen LogP contribution >= 0.6 is 0 Å². The third-order valence-corrected chi connectivity index (χ3v) is 8.12. The first-order valence-electron chi connectivity index (χ1n) is 8.59. The molecule has 0 atom stereocenters. The number of allylic oxidation sites excluding steroid dienone is 2. The summed E-state index contributed by atoms with van der Waals surface area (Å²) in [6.07, 6.45) is 0. The molecule has 0 spiro atoms. The number of hydrogen-bond acceptors (Lipinski definition) is 12. The summed E-state index contributed by atoms with van der Waals surface area (Å²) in [5.74, 6) is -0.272. The number of benzene rings is 2. The Hall–Kier alpha value is -1.99. The van der Waals surface area contributed by atoms with Crippen LogP contribution in [0.25, 0.3) is 0 Å². The van der Waals surface area contributed by atoms with Gasteiger partial charge in [0.2, 0.25) is 0 Å². The minimum atomic E-state index is -4.89. The summed E-state index contributed by atoms with van der Waals surface area (Å²) < 4.78 is 121. The van der Waals surface area contributed by atoms with Crippen LogP contribution in [0.1, 0.15) is 13.8 Å². The Balaban J connectivity index is 0.000000642. The molecule has 0 N–H and O–H groups in total. The zero-order valence-electron chi connectivity index (χ0n) is 18.3. The summed E-state index contributed by atoms with van der Waals surface area (Å²) in [6, 6.07) is 8.79. The summed E-state index contributed by atoms with van der Waals surface area (Å²) in [4.78, 5) is -3.08. The summed E-state index contributed by atoms with van der Waals surface area (Å²) in [5, 5.41) is 0. The van der Waals surface area contributed by atoms with Gasteiger partial charge in [0.05, 0.1) is 9.79 Å².